The van der Waals surface area contributed by atoms with Crippen LogP contribution >= 0.6 is 11.6 Å². The first kappa shape index (κ1) is 21.5. The van der Waals surface area contributed by atoms with Gasteiger partial charge in [0.1, 0.15) is 0 Å². The highest BCUT2D eigenvalue weighted by atomic mass is 35.5. The van der Waals surface area contributed by atoms with Crippen molar-refractivity contribution in [3.05, 3.63) is 46.4 Å². The SMILES string of the molecule is CO.COc1cnc(Cc2cc(C3CC(O)CC(CO)O3)ccc2Cl)nn1. The summed E-state index contributed by atoms with van der Waals surface area (Å²) in [6.45, 7) is -0.112. The Morgan fingerprint density at radius 3 is 2.67 bits per heavy atom. The van der Waals surface area contributed by atoms with E-state index >= 15 is 0 Å². The Hall–Kier alpha value is -1.84. The number of aliphatic hydroxyl groups is 3. The molecule has 9 heteroatoms. The molecule has 2 aromatic rings. The van der Waals surface area contributed by atoms with Gasteiger partial charge in [0.2, 0.25) is 0 Å². The number of nitrogens with zero attached hydrogens (tertiary/aromatic N) is 3. The second-order valence-corrected chi connectivity index (χ2v) is 6.41. The summed E-state index contributed by atoms with van der Waals surface area (Å²) in [5.41, 5.74) is 1.74. The minimum Gasteiger partial charge on any atom is -0.479 e. The molecule has 3 unspecified atom stereocenters. The molecule has 148 valence electrons. The molecule has 1 aliphatic rings. The molecular weight excluding hydrogens is 374 g/mol. The predicted molar refractivity (Wildman–Crippen MR) is 98.7 cm³/mol. The summed E-state index contributed by atoms with van der Waals surface area (Å²) in [5, 5.41) is 34.8. The molecule has 1 aliphatic heterocycles. The number of rotatable bonds is 5. The van der Waals surface area contributed by atoms with Crippen LogP contribution in [0.5, 0.6) is 5.88 Å². The number of hydrogen-bond donors (Lipinski definition) is 3. The van der Waals surface area contributed by atoms with Gasteiger partial charge in [-0.2, -0.15) is 0 Å². The van der Waals surface area contributed by atoms with E-state index in [1.54, 1.807) is 6.07 Å². The third-order valence-corrected chi connectivity index (χ3v) is 4.54. The third-order valence-electron chi connectivity index (χ3n) is 4.17. The van der Waals surface area contributed by atoms with Crippen LogP contribution in [0.15, 0.2) is 24.4 Å². The van der Waals surface area contributed by atoms with Crippen LogP contribution in [-0.2, 0) is 11.2 Å². The van der Waals surface area contributed by atoms with E-state index in [0.717, 1.165) is 18.2 Å². The Labute approximate surface area is 162 Å². The van der Waals surface area contributed by atoms with Gasteiger partial charge in [-0.1, -0.05) is 23.7 Å². The fraction of sp³-hybridized carbons (Fsp3) is 0.500. The van der Waals surface area contributed by atoms with Gasteiger partial charge in [-0.3, -0.25) is 0 Å². The minimum absolute atomic E-state index is 0.112. The maximum atomic E-state index is 9.99. The summed E-state index contributed by atoms with van der Waals surface area (Å²) < 4.78 is 10.8. The Bertz CT molecular complexity index is 717. The Morgan fingerprint density at radius 1 is 1.26 bits per heavy atom. The number of benzene rings is 1. The van der Waals surface area contributed by atoms with Crippen molar-refractivity contribution < 1.29 is 24.8 Å². The molecule has 3 rings (SSSR count). The lowest BCUT2D eigenvalue weighted by Crippen LogP contribution is -2.33. The van der Waals surface area contributed by atoms with Crippen molar-refractivity contribution >= 4 is 11.6 Å². The number of halogens is 1. The average molecular weight is 398 g/mol. The summed E-state index contributed by atoms with van der Waals surface area (Å²) in [4.78, 5) is 4.20. The first-order valence-electron chi connectivity index (χ1n) is 8.49. The van der Waals surface area contributed by atoms with E-state index in [0.29, 0.717) is 36.0 Å². The van der Waals surface area contributed by atoms with Gasteiger partial charge in [-0.25, -0.2) is 4.98 Å². The van der Waals surface area contributed by atoms with E-state index in [9.17, 15) is 10.2 Å². The molecular formula is C18H24ClN3O5. The molecule has 3 atom stereocenters. The van der Waals surface area contributed by atoms with Crippen LogP contribution in [0.3, 0.4) is 0 Å². The second kappa shape index (κ2) is 10.5. The first-order chi connectivity index (χ1) is 13.1. The highest BCUT2D eigenvalue weighted by Gasteiger charge is 2.29. The van der Waals surface area contributed by atoms with Crippen LogP contribution in [0.1, 0.15) is 35.9 Å². The topological polar surface area (TPSA) is 118 Å². The van der Waals surface area contributed by atoms with Gasteiger partial charge < -0.3 is 24.8 Å². The Morgan fingerprint density at radius 2 is 2.04 bits per heavy atom. The normalized spacial score (nSPS) is 21.9. The van der Waals surface area contributed by atoms with Crippen LogP contribution in [0.2, 0.25) is 5.02 Å². The van der Waals surface area contributed by atoms with Crippen molar-refractivity contribution in [2.24, 2.45) is 0 Å². The van der Waals surface area contributed by atoms with Crippen LogP contribution in [0, 0.1) is 0 Å². The van der Waals surface area contributed by atoms with E-state index in [-0.39, 0.29) is 18.8 Å². The van der Waals surface area contributed by atoms with Crippen LogP contribution in [0.4, 0.5) is 0 Å². The zero-order chi connectivity index (χ0) is 19.8. The number of aliphatic hydroxyl groups excluding tert-OH is 3. The maximum Gasteiger partial charge on any atom is 0.251 e. The molecule has 3 N–H and O–H groups in total. The van der Waals surface area contributed by atoms with Crippen molar-refractivity contribution in [2.45, 2.75) is 37.6 Å². The van der Waals surface area contributed by atoms with Crippen LogP contribution < -0.4 is 4.74 Å². The van der Waals surface area contributed by atoms with Gasteiger partial charge in [0.05, 0.1) is 38.2 Å². The highest BCUT2D eigenvalue weighted by Crippen LogP contribution is 2.33. The van der Waals surface area contributed by atoms with Gasteiger partial charge in [-0.05, 0) is 17.2 Å². The van der Waals surface area contributed by atoms with Gasteiger partial charge in [0, 0.05) is 31.4 Å². The molecule has 1 aromatic carbocycles. The zero-order valence-electron chi connectivity index (χ0n) is 15.2. The number of ether oxygens (including phenoxy) is 2. The molecule has 0 aliphatic carbocycles. The number of hydrogen-bond acceptors (Lipinski definition) is 8. The molecule has 27 heavy (non-hydrogen) atoms. The molecule has 0 spiro atoms. The third kappa shape index (κ3) is 5.82. The van der Waals surface area contributed by atoms with Gasteiger partial charge >= 0.3 is 0 Å². The first-order valence-corrected chi connectivity index (χ1v) is 8.87. The standard InChI is InChI=1S/C17H20ClN3O4.CH4O/c1-24-17-8-19-16(20-21-17)5-11-4-10(2-3-14(11)18)15-7-12(23)6-13(9-22)25-15;1-2/h2-4,8,12-13,15,22-23H,5-7,9H2,1H3;2H,1H3. The van der Waals surface area contributed by atoms with E-state index in [1.165, 1.54) is 13.3 Å². The average Bonchev–Trinajstić information content (AvgIpc) is 2.71. The largest absolute Gasteiger partial charge is 0.479 e. The monoisotopic (exact) mass is 397 g/mol. The van der Waals surface area contributed by atoms with E-state index in [4.69, 9.17) is 26.2 Å². The van der Waals surface area contributed by atoms with E-state index in [2.05, 4.69) is 15.2 Å². The summed E-state index contributed by atoms with van der Waals surface area (Å²) in [7, 11) is 2.50. The Balaban J connectivity index is 0.00000126. The molecule has 1 fully saturated rings. The lowest BCUT2D eigenvalue weighted by atomic mass is 9.94. The molecule has 0 radical (unpaired) electrons. The van der Waals surface area contributed by atoms with Gasteiger partial charge in [0.15, 0.2) is 5.82 Å². The molecule has 8 nitrogen and oxygen atoms in total. The molecule has 0 saturated carbocycles. The molecule has 0 amide bonds. The molecule has 0 bridgehead atoms. The Kier molecular flexibility index (Phi) is 8.33. The lowest BCUT2D eigenvalue weighted by molar-refractivity contribution is -0.113. The van der Waals surface area contributed by atoms with Gasteiger partial charge in [-0.15, -0.1) is 10.2 Å². The summed E-state index contributed by atoms with van der Waals surface area (Å²) in [6, 6.07) is 5.59. The van der Waals surface area contributed by atoms with Crippen molar-refractivity contribution in [3.63, 3.8) is 0 Å². The van der Waals surface area contributed by atoms with E-state index in [1.807, 2.05) is 12.1 Å². The van der Waals surface area contributed by atoms with E-state index < -0.39 is 6.10 Å². The highest BCUT2D eigenvalue weighted by molar-refractivity contribution is 6.31. The summed E-state index contributed by atoms with van der Waals surface area (Å²) >= 11 is 6.30. The molecule has 2 heterocycles. The minimum atomic E-state index is -0.496. The molecule has 1 saturated heterocycles. The fourth-order valence-electron chi connectivity index (χ4n) is 2.89. The van der Waals surface area contributed by atoms with Crippen LogP contribution in [0.25, 0.3) is 0 Å². The maximum absolute atomic E-state index is 9.99. The lowest BCUT2D eigenvalue weighted by Gasteiger charge is -2.32. The summed E-state index contributed by atoms with van der Waals surface area (Å²) in [6.07, 6.45) is 1.71. The summed E-state index contributed by atoms with van der Waals surface area (Å²) in [5.74, 6) is 0.876. The van der Waals surface area contributed by atoms with Crippen molar-refractivity contribution in [1.82, 2.24) is 15.2 Å². The van der Waals surface area contributed by atoms with Crippen LogP contribution in [-0.4, -0.2) is 63.5 Å². The smallest absolute Gasteiger partial charge is 0.251 e. The van der Waals surface area contributed by atoms with Crippen molar-refractivity contribution in [2.75, 3.05) is 20.8 Å². The quantitative estimate of drug-likeness (QED) is 0.691. The fourth-order valence-corrected chi connectivity index (χ4v) is 3.07. The van der Waals surface area contributed by atoms with Crippen molar-refractivity contribution in [1.29, 1.82) is 0 Å². The van der Waals surface area contributed by atoms with Crippen molar-refractivity contribution in [3.8, 4) is 5.88 Å². The zero-order valence-corrected chi connectivity index (χ0v) is 16.0. The molecule has 1 aromatic heterocycles. The number of methoxy groups -OCH3 is 1. The number of aromatic nitrogens is 3. The predicted octanol–water partition coefficient (Wildman–Crippen LogP) is 1.31. The second-order valence-electron chi connectivity index (χ2n) is 6.00. The van der Waals surface area contributed by atoms with Gasteiger partial charge in [0.25, 0.3) is 5.88 Å².